The summed E-state index contributed by atoms with van der Waals surface area (Å²) in [5, 5.41) is 16.3. The number of anilines is 1. The highest BCUT2D eigenvalue weighted by Crippen LogP contribution is 2.28. The van der Waals surface area contributed by atoms with Crippen molar-refractivity contribution in [3.05, 3.63) is 42.1 Å². The normalized spacial score (nSPS) is 13.3. The molecule has 0 saturated heterocycles. The molecule has 3 aromatic rings. The summed E-state index contributed by atoms with van der Waals surface area (Å²) in [7, 11) is 1.92. The van der Waals surface area contributed by atoms with E-state index in [2.05, 4.69) is 34.5 Å². The quantitative estimate of drug-likeness (QED) is 0.607. The van der Waals surface area contributed by atoms with Crippen molar-refractivity contribution in [1.82, 2.24) is 24.5 Å². The third-order valence-electron chi connectivity index (χ3n) is 4.80. The van der Waals surface area contributed by atoms with Gasteiger partial charge in [0.1, 0.15) is 5.82 Å². The first kappa shape index (κ1) is 20.1. The molecule has 148 valence electrons. The van der Waals surface area contributed by atoms with Crippen LogP contribution in [0.5, 0.6) is 0 Å². The Hall–Kier alpha value is -2.61. The molecule has 1 aromatic carbocycles. The fourth-order valence-corrected chi connectivity index (χ4v) is 3.67. The fourth-order valence-electron chi connectivity index (χ4n) is 2.85. The van der Waals surface area contributed by atoms with Gasteiger partial charge in [0, 0.05) is 18.7 Å². The lowest BCUT2D eigenvalue weighted by atomic mass is 10.1. The van der Waals surface area contributed by atoms with E-state index in [1.807, 2.05) is 60.5 Å². The molecule has 0 aliphatic rings. The number of carbonyl (C=O) groups excluding carboxylic acids is 1. The summed E-state index contributed by atoms with van der Waals surface area (Å²) in [4.78, 5) is 12.7. The second kappa shape index (κ2) is 8.60. The average Bonchev–Trinajstić information content (AvgIpc) is 3.29. The van der Waals surface area contributed by atoms with Gasteiger partial charge in [0.2, 0.25) is 5.91 Å². The summed E-state index contributed by atoms with van der Waals surface area (Å²) in [5.74, 6) is 1.42. The number of carbonyl (C=O) groups is 1. The van der Waals surface area contributed by atoms with E-state index in [-0.39, 0.29) is 17.2 Å². The van der Waals surface area contributed by atoms with Crippen LogP contribution < -0.4 is 5.32 Å². The fraction of sp³-hybridized carbons (Fsp3) is 0.400. The van der Waals surface area contributed by atoms with E-state index in [9.17, 15) is 4.79 Å². The Labute approximate surface area is 169 Å². The van der Waals surface area contributed by atoms with Crippen LogP contribution in [0.3, 0.4) is 0 Å². The van der Waals surface area contributed by atoms with Gasteiger partial charge in [-0.05, 0) is 32.8 Å². The van der Waals surface area contributed by atoms with Gasteiger partial charge in [-0.25, -0.2) is 4.68 Å². The van der Waals surface area contributed by atoms with E-state index in [0.29, 0.717) is 11.0 Å². The van der Waals surface area contributed by atoms with Crippen LogP contribution >= 0.6 is 11.8 Å². The van der Waals surface area contributed by atoms with Crippen LogP contribution in [-0.2, 0) is 11.8 Å². The minimum atomic E-state index is -0.326. The van der Waals surface area contributed by atoms with Gasteiger partial charge in [-0.1, -0.05) is 43.0 Å². The average molecular weight is 399 g/mol. The van der Waals surface area contributed by atoms with Crippen LogP contribution in [0.25, 0.3) is 11.4 Å². The first-order valence-electron chi connectivity index (χ1n) is 9.38. The van der Waals surface area contributed by atoms with Gasteiger partial charge >= 0.3 is 0 Å². The maximum absolute atomic E-state index is 12.7. The van der Waals surface area contributed by atoms with Gasteiger partial charge in [0.05, 0.1) is 17.5 Å². The van der Waals surface area contributed by atoms with Crippen molar-refractivity contribution >= 4 is 23.5 Å². The van der Waals surface area contributed by atoms with E-state index in [1.54, 1.807) is 6.20 Å². The highest BCUT2D eigenvalue weighted by Gasteiger charge is 2.21. The number of amides is 1. The van der Waals surface area contributed by atoms with E-state index in [4.69, 9.17) is 0 Å². The Bertz CT molecular complexity index is 963. The second-order valence-corrected chi connectivity index (χ2v) is 8.16. The zero-order valence-electron chi connectivity index (χ0n) is 16.9. The van der Waals surface area contributed by atoms with Crippen molar-refractivity contribution in [3.8, 4) is 11.4 Å². The molecule has 0 saturated carbocycles. The molecule has 0 bridgehead atoms. The molecule has 2 atom stereocenters. The van der Waals surface area contributed by atoms with Gasteiger partial charge < -0.3 is 9.88 Å². The molecule has 0 unspecified atom stereocenters. The largest absolute Gasteiger partial charge is 0.310 e. The van der Waals surface area contributed by atoms with Crippen LogP contribution in [-0.4, -0.2) is 35.7 Å². The molecule has 8 heteroatoms. The third kappa shape index (κ3) is 4.11. The Morgan fingerprint density at radius 1 is 1.21 bits per heavy atom. The van der Waals surface area contributed by atoms with Crippen molar-refractivity contribution in [2.45, 2.75) is 50.6 Å². The SMILES string of the molecule is CC[C@@H](C)n1nccc1NC(=O)[C@H](C)Sc1nnc(-c2ccccc2C)n1C. The Morgan fingerprint density at radius 2 is 1.96 bits per heavy atom. The van der Waals surface area contributed by atoms with Crippen LogP contribution in [0.2, 0.25) is 0 Å². The highest BCUT2D eigenvalue weighted by molar-refractivity contribution is 8.00. The maximum atomic E-state index is 12.7. The highest BCUT2D eigenvalue weighted by atomic mass is 32.2. The van der Waals surface area contributed by atoms with Gasteiger partial charge in [0.15, 0.2) is 11.0 Å². The van der Waals surface area contributed by atoms with Gasteiger partial charge in [-0.2, -0.15) is 5.10 Å². The summed E-state index contributed by atoms with van der Waals surface area (Å²) in [6.45, 7) is 8.09. The van der Waals surface area contributed by atoms with Crippen molar-refractivity contribution in [3.63, 3.8) is 0 Å². The Kier molecular flexibility index (Phi) is 6.18. The van der Waals surface area contributed by atoms with Crippen molar-refractivity contribution < 1.29 is 4.79 Å². The molecule has 0 radical (unpaired) electrons. The minimum absolute atomic E-state index is 0.0875. The summed E-state index contributed by atoms with van der Waals surface area (Å²) in [6.07, 6.45) is 2.65. The molecular formula is C20H26N6OS. The van der Waals surface area contributed by atoms with Crippen LogP contribution in [0, 0.1) is 6.92 Å². The van der Waals surface area contributed by atoms with Crippen molar-refractivity contribution in [2.75, 3.05) is 5.32 Å². The molecule has 0 aliphatic carbocycles. The summed E-state index contributed by atoms with van der Waals surface area (Å²) in [5.41, 5.74) is 2.18. The maximum Gasteiger partial charge on any atom is 0.238 e. The zero-order valence-corrected chi connectivity index (χ0v) is 17.7. The van der Waals surface area contributed by atoms with Crippen molar-refractivity contribution in [2.24, 2.45) is 7.05 Å². The zero-order chi connectivity index (χ0) is 20.3. The van der Waals surface area contributed by atoms with E-state index < -0.39 is 0 Å². The van der Waals surface area contributed by atoms with Crippen LogP contribution in [0.15, 0.2) is 41.7 Å². The molecule has 7 nitrogen and oxygen atoms in total. The lowest BCUT2D eigenvalue weighted by molar-refractivity contribution is -0.115. The number of hydrogen-bond donors (Lipinski definition) is 1. The number of thioether (sulfide) groups is 1. The summed E-state index contributed by atoms with van der Waals surface area (Å²) >= 11 is 1.39. The molecule has 2 heterocycles. The van der Waals surface area contributed by atoms with Gasteiger partial charge in [-0.15, -0.1) is 10.2 Å². The Morgan fingerprint density at radius 3 is 2.68 bits per heavy atom. The lowest BCUT2D eigenvalue weighted by Gasteiger charge is -2.16. The number of hydrogen-bond acceptors (Lipinski definition) is 5. The second-order valence-electron chi connectivity index (χ2n) is 6.85. The number of rotatable bonds is 7. The number of aryl methyl sites for hydroxylation is 1. The first-order valence-corrected chi connectivity index (χ1v) is 10.3. The molecule has 1 N–H and O–H groups in total. The third-order valence-corrected chi connectivity index (χ3v) is 5.94. The van der Waals surface area contributed by atoms with E-state index in [0.717, 1.165) is 23.4 Å². The predicted molar refractivity (Wildman–Crippen MR) is 112 cm³/mol. The van der Waals surface area contributed by atoms with E-state index >= 15 is 0 Å². The van der Waals surface area contributed by atoms with Crippen LogP contribution in [0.1, 0.15) is 38.8 Å². The minimum Gasteiger partial charge on any atom is -0.310 e. The monoisotopic (exact) mass is 398 g/mol. The molecule has 0 spiro atoms. The number of nitrogens with zero attached hydrogens (tertiary/aromatic N) is 5. The molecule has 0 fully saturated rings. The molecule has 0 aliphatic heterocycles. The van der Waals surface area contributed by atoms with Crippen LogP contribution in [0.4, 0.5) is 5.82 Å². The molecule has 2 aromatic heterocycles. The molecular weight excluding hydrogens is 372 g/mol. The van der Waals surface area contributed by atoms with Gasteiger partial charge in [0.25, 0.3) is 0 Å². The molecule has 1 amide bonds. The smallest absolute Gasteiger partial charge is 0.238 e. The topological polar surface area (TPSA) is 77.6 Å². The summed E-state index contributed by atoms with van der Waals surface area (Å²) in [6, 6.07) is 10.1. The van der Waals surface area contributed by atoms with Crippen molar-refractivity contribution in [1.29, 1.82) is 0 Å². The number of benzene rings is 1. The lowest BCUT2D eigenvalue weighted by Crippen LogP contribution is -2.25. The number of aromatic nitrogens is 5. The number of nitrogens with one attached hydrogen (secondary N) is 1. The Balaban J connectivity index is 1.72. The molecule has 28 heavy (non-hydrogen) atoms. The first-order chi connectivity index (χ1) is 13.4. The molecule has 3 rings (SSSR count). The predicted octanol–water partition coefficient (Wildman–Crippen LogP) is 4.08. The van der Waals surface area contributed by atoms with E-state index in [1.165, 1.54) is 11.8 Å². The van der Waals surface area contributed by atoms with Gasteiger partial charge in [-0.3, -0.25) is 4.79 Å². The summed E-state index contributed by atoms with van der Waals surface area (Å²) < 4.78 is 3.77. The standard InChI is InChI=1S/C20H26N6OS/c1-6-14(3)26-17(11-12-21-26)22-19(27)15(4)28-20-24-23-18(25(20)5)16-10-8-7-9-13(16)2/h7-12,14-15H,6H2,1-5H3,(H,22,27)/t14-,15+/m1/s1.